The Balaban J connectivity index is 2.28. The van der Waals surface area contributed by atoms with E-state index in [-0.39, 0.29) is 0 Å². The summed E-state index contributed by atoms with van der Waals surface area (Å²) in [7, 11) is 0. The molecule has 0 bridgehead atoms. The Morgan fingerprint density at radius 2 is 1.74 bits per heavy atom. The van der Waals surface area contributed by atoms with Crippen LogP contribution in [0.25, 0.3) is 0 Å². The molecule has 2 rings (SSSR count). The smallest absolute Gasteiger partial charge is 0.130 e. The molecule has 0 aliphatic heterocycles. The second-order valence-electron chi connectivity index (χ2n) is 4.35. The first-order valence-electron chi connectivity index (χ1n) is 6.02. The highest BCUT2D eigenvalue weighted by Gasteiger charge is 2.05. The summed E-state index contributed by atoms with van der Waals surface area (Å²) < 4.78 is 5.85. The van der Waals surface area contributed by atoms with E-state index in [9.17, 15) is 0 Å². The fourth-order valence-electron chi connectivity index (χ4n) is 1.79. The van der Waals surface area contributed by atoms with Crippen molar-refractivity contribution in [1.29, 1.82) is 0 Å². The van der Waals surface area contributed by atoms with Gasteiger partial charge in [0.05, 0.1) is 0 Å². The van der Waals surface area contributed by atoms with Crippen LogP contribution < -0.4 is 10.5 Å². The molecule has 2 aromatic carbocycles. The molecule has 0 unspecified atom stereocenters. The van der Waals surface area contributed by atoms with Crippen molar-refractivity contribution in [3.63, 3.8) is 0 Å². The number of nitrogens with two attached hydrogens (primary N) is 1. The number of ether oxygens (including phenoxy) is 1. The van der Waals surface area contributed by atoms with Crippen LogP contribution in [0.4, 0.5) is 0 Å². The Hall–Kier alpha value is -1.22. The van der Waals surface area contributed by atoms with Crippen LogP contribution in [0.5, 0.6) is 11.5 Å². The Kier molecular flexibility index (Phi) is 4.70. The standard InChI is InChI=1S/C15H15Cl2NO/c1-10-2-3-11(4-5-18)6-15(10)19-14-8-12(16)7-13(17)9-14/h2-3,6-9H,4-5,18H2,1H3. The van der Waals surface area contributed by atoms with Gasteiger partial charge in [-0.05, 0) is 55.3 Å². The van der Waals surface area contributed by atoms with Crippen LogP contribution in [-0.2, 0) is 6.42 Å². The molecule has 0 aliphatic carbocycles. The van der Waals surface area contributed by atoms with E-state index in [1.807, 2.05) is 19.1 Å². The molecular formula is C15H15Cl2NO. The van der Waals surface area contributed by atoms with Crippen molar-refractivity contribution in [3.05, 3.63) is 57.6 Å². The third-order valence-corrected chi connectivity index (χ3v) is 3.19. The molecule has 0 heterocycles. The molecule has 2 nitrogen and oxygen atoms in total. The fraction of sp³-hybridized carbons (Fsp3) is 0.200. The lowest BCUT2D eigenvalue weighted by molar-refractivity contribution is 0.478. The van der Waals surface area contributed by atoms with Gasteiger partial charge in [0.1, 0.15) is 11.5 Å². The summed E-state index contributed by atoms with van der Waals surface area (Å²) in [5, 5.41) is 1.11. The average molecular weight is 296 g/mol. The van der Waals surface area contributed by atoms with Crippen LogP contribution in [0.1, 0.15) is 11.1 Å². The molecule has 19 heavy (non-hydrogen) atoms. The molecule has 2 N–H and O–H groups in total. The number of benzene rings is 2. The summed E-state index contributed by atoms with van der Waals surface area (Å²) >= 11 is 11.9. The highest BCUT2D eigenvalue weighted by molar-refractivity contribution is 6.34. The second-order valence-corrected chi connectivity index (χ2v) is 5.22. The molecule has 0 radical (unpaired) electrons. The van der Waals surface area contributed by atoms with Crippen molar-refractivity contribution >= 4 is 23.2 Å². The quantitative estimate of drug-likeness (QED) is 0.895. The highest BCUT2D eigenvalue weighted by atomic mass is 35.5. The second kappa shape index (κ2) is 6.29. The van der Waals surface area contributed by atoms with E-state index in [1.54, 1.807) is 18.2 Å². The monoisotopic (exact) mass is 295 g/mol. The molecule has 0 amide bonds. The van der Waals surface area contributed by atoms with Crippen LogP contribution in [0.2, 0.25) is 10.0 Å². The molecule has 0 aliphatic rings. The van der Waals surface area contributed by atoms with E-state index in [0.29, 0.717) is 22.3 Å². The number of hydrogen-bond acceptors (Lipinski definition) is 2. The maximum absolute atomic E-state index is 5.96. The summed E-state index contributed by atoms with van der Waals surface area (Å²) in [6.07, 6.45) is 0.826. The van der Waals surface area contributed by atoms with E-state index in [0.717, 1.165) is 23.3 Å². The zero-order chi connectivity index (χ0) is 13.8. The number of hydrogen-bond donors (Lipinski definition) is 1. The van der Waals surface area contributed by atoms with E-state index in [2.05, 4.69) is 6.07 Å². The van der Waals surface area contributed by atoms with Crippen molar-refractivity contribution < 1.29 is 4.74 Å². The lowest BCUT2D eigenvalue weighted by atomic mass is 10.1. The predicted molar refractivity (Wildman–Crippen MR) is 80.5 cm³/mol. The van der Waals surface area contributed by atoms with Crippen LogP contribution in [0.15, 0.2) is 36.4 Å². The van der Waals surface area contributed by atoms with Crippen LogP contribution in [-0.4, -0.2) is 6.54 Å². The lowest BCUT2D eigenvalue weighted by Gasteiger charge is -2.11. The SMILES string of the molecule is Cc1ccc(CCN)cc1Oc1cc(Cl)cc(Cl)c1. The van der Waals surface area contributed by atoms with Gasteiger partial charge in [-0.15, -0.1) is 0 Å². The zero-order valence-electron chi connectivity index (χ0n) is 10.6. The molecule has 0 saturated heterocycles. The van der Waals surface area contributed by atoms with Crippen molar-refractivity contribution in [3.8, 4) is 11.5 Å². The van der Waals surface area contributed by atoms with Crippen LogP contribution in [0, 0.1) is 6.92 Å². The van der Waals surface area contributed by atoms with Gasteiger partial charge in [0.2, 0.25) is 0 Å². The average Bonchev–Trinajstić information content (AvgIpc) is 2.32. The summed E-state index contributed by atoms with van der Waals surface area (Å²) in [5.74, 6) is 1.43. The molecule has 0 saturated carbocycles. The molecule has 0 aromatic heterocycles. The van der Waals surface area contributed by atoms with Gasteiger partial charge >= 0.3 is 0 Å². The van der Waals surface area contributed by atoms with Crippen molar-refractivity contribution in [1.82, 2.24) is 0 Å². The van der Waals surface area contributed by atoms with Gasteiger partial charge in [-0.25, -0.2) is 0 Å². The van der Waals surface area contributed by atoms with Gasteiger partial charge in [0.25, 0.3) is 0 Å². The minimum atomic E-state index is 0.554. The molecule has 2 aromatic rings. The van der Waals surface area contributed by atoms with Gasteiger partial charge in [-0.2, -0.15) is 0 Å². The molecule has 4 heteroatoms. The van der Waals surface area contributed by atoms with Crippen molar-refractivity contribution in [2.45, 2.75) is 13.3 Å². The molecule has 100 valence electrons. The molecule has 0 fully saturated rings. The number of halogens is 2. The minimum absolute atomic E-state index is 0.554. The minimum Gasteiger partial charge on any atom is -0.457 e. The first-order chi connectivity index (χ1) is 9.08. The van der Waals surface area contributed by atoms with Gasteiger partial charge in [-0.1, -0.05) is 35.3 Å². The van der Waals surface area contributed by atoms with E-state index in [1.165, 1.54) is 0 Å². The summed E-state index contributed by atoms with van der Waals surface area (Å²) in [6.45, 7) is 2.61. The predicted octanol–water partition coefficient (Wildman–Crippen LogP) is 4.60. The third-order valence-electron chi connectivity index (χ3n) is 2.75. The van der Waals surface area contributed by atoms with Gasteiger partial charge in [0, 0.05) is 10.0 Å². The van der Waals surface area contributed by atoms with Crippen LogP contribution >= 0.6 is 23.2 Å². The lowest BCUT2D eigenvalue weighted by Crippen LogP contribution is -2.02. The highest BCUT2D eigenvalue weighted by Crippen LogP contribution is 2.30. The maximum Gasteiger partial charge on any atom is 0.130 e. The van der Waals surface area contributed by atoms with Crippen molar-refractivity contribution in [2.24, 2.45) is 5.73 Å². The van der Waals surface area contributed by atoms with Gasteiger partial charge in [-0.3, -0.25) is 0 Å². The van der Waals surface area contributed by atoms with E-state index in [4.69, 9.17) is 33.7 Å². The summed E-state index contributed by atoms with van der Waals surface area (Å²) in [6, 6.07) is 11.2. The summed E-state index contributed by atoms with van der Waals surface area (Å²) in [5.41, 5.74) is 7.77. The summed E-state index contributed by atoms with van der Waals surface area (Å²) in [4.78, 5) is 0. The Bertz CT molecular complexity index is 564. The molecule has 0 spiro atoms. The van der Waals surface area contributed by atoms with E-state index >= 15 is 0 Å². The maximum atomic E-state index is 5.96. The van der Waals surface area contributed by atoms with Gasteiger partial charge < -0.3 is 10.5 Å². The third kappa shape index (κ3) is 3.87. The van der Waals surface area contributed by atoms with Gasteiger partial charge in [0.15, 0.2) is 0 Å². The Morgan fingerprint density at radius 3 is 2.37 bits per heavy atom. The first-order valence-corrected chi connectivity index (χ1v) is 6.77. The molecular weight excluding hydrogens is 281 g/mol. The zero-order valence-corrected chi connectivity index (χ0v) is 12.1. The first kappa shape index (κ1) is 14.2. The largest absolute Gasteiger partial charge is 0.457 e. The van der Waals surface area contributed by atoms with Crippen molar-refractivity contribution in [2.75, 3.05) is 6.54 Å². The molecule has 0 atom stereocenters. The topological polar surface area (TPSA) is 35.2 Å². The number of aryl methyl sites for hydroxylation is 1. The Morgan fingerprint density at radius 1 is 1.05 bits per heavy atom. The van der Waals surface area contributed by atoms with Crippen LogP contribution in [0.3, 0.4) is 0 Å². The fourth-order valence-corrected chi connectivity index (χ4v) is 2.30. The normalized spacial score (nSPS) is 10.5. The number of rotatable bonds is 4. The van der Waals surface area contributed by atoms with E-state index < -0.39 is 0 Å². The Labute approximate surface area is 123 Å².